The summed E-state index contributed by atoms with van der Waals surface area (Å²) in [6.07, 6.45) is 3.81. The van der Waals surface area contributed by atoms with E-state index in [0.717, 1.165) is 49.2 Å². The Morgan fingerprint density at radius 2 is 2.04 bits per heavy atom. The van der Waals surface area contributed by atoms with E-state index in [1.54, 1.807) is 6.20 Å². The molecule has 2 aromatic heterocycles. The molecule has 0 spiro atoms. The van der Waals surface area contributed by atoms with E-state index >= 15 is 0 Å². The van der Waals surface area contributed by atoms with Crippen molar-refractivity contribution in [2.75, 3.05) is 6.54 Å². The van der Waals surface area contributed by atoms with Crippen LogP contribution in [0.15, 0.2) is 6.20 Å². The summed E-state index contributed by atoms with van der Waals surface area (Å²) in [5, 5.41) is 20.4. The summed E-state index contributed by atoms with van der Waals surface area (Å²) < 4.78 is 3.81. The molecular formula is C16H22N6O3. The summed E-state index contributed by atoms with van der Waals surface area (Å²) in [7, 11) is 1.90. The topological polar surface area (TPSA) is 106 Å². The number of carboxylic acid groups (broad SMARTS) is 1. The first-order valence-corrected chi connectivity index (χ1v) is 8.26. The molecule has 0 unspecified atom stereocenters. The van der Waals surface area contributed by atoms with Crippen LogP contribution in [0.4, 0.5) is 0 Å². The Morgan fingerprint density at radius 1 is 1.36 bits per heavy atom. The van der Waals surface area contributed by atoms with Gasteiger partial charge in [0.2, 0.25) is 5.91 Å². The van der Waals surface area contributed by atoms with Gasteiger partial charge in [-0.3, -0.25) is 18.8 Å². The number of aryl methyl sites for hydroxylation is 1. The predicted octanol–water partition coefficient (Wildman–Crippen LogP) is 1.32. The molecule has 0 aliphatic carbocycles. The van der Waals surface area contributed by atoms with Crippen molar-refractivity contribution in [1.29, 1.82) is 0 Å². The van der Waals surface area contributed by atoms with Gasteiger partial charge in [-0.25, -0.2) is 0 Å². The van der Waals surface area contributed by atoms with E-state index < -0.39 is 5.97 Å². The van der Waals surface area contributed by atoms with Crippen LogP contribution in [0.2, 0.25) is 0 Å². The Balaban J connectivity index is 0.000000415. The number of nitrogens with zero attached hydrogens (tertiary/aromatic N) is 6. The van der Waals surface area contributed by atoms with Gasteiger partial charge in [0, 0.05) is 26.2 Å². The molecule has 0 bridgehead atoms. The monoisotopic (exact) mass is 346 g/mol. The lowest BCUT2D eigenvalue weighted by molar-refractivity contribution is -0.137. The van der Waals surface area contributed by atoms with E-state index in [1.807, 2.05) is 35.0 Å². The Bertz CT molecular complexity index is 820. The van der Waals surface area contributed by atoms with Crippen LogP contribution in [-0.2, 0) is 16.6 Å². The van der Waals surface area contributed by atoms with Crippen LogP contribution in [0, 0.1) is 6.92 Å². The minimum atomic E-state index is -0.833. The lowest BCUT2D eigenvalue weighted by Crippen LogP contribution is -2.42. The van der Waals surface area contributed by atoms with Crippen molar-refractivity contribution in [1.82, 2.24) is 29.4 Å². The second-order valence-corrected chi connectivity index (χ2v) is 6.40. The van der Waals surface area contributed by atoms with Crippen LogP contribution in [0.3, 0.4) is 0 Å². The molecule has 0 radical (unpaired) electrons. The van der Waals surface area contributed by atoms with Crippen molar-refractivity contribution in [3.63, 3.8) is 0 Å². The van der Waals surface area contributed by atoms with Gasteiger partial charge < -0.3 is 10.0 Å². The molecule has 2 aromatic rings. The van der Waals surface area contributed by atoms with Crippen LogP contribution >= 0.6 is 0 Å². The number of amides is 1. The number of carbonyl (C=O) groups is 2. The number of carboxylic acids is 1. The SMILES string of the molecule is CC(=O)O.Cc1c(-c2nnc3n2[C@@H](C)C(=O)N2CCC[C@@H]32)cnn1C. The van der Waals surface area contributed by atoms with E-state index in [-0.39, 0.29) is 18.0 Å². The van der Waals surface area contributed by atoms with E-state index in [1.165, 1.54) is 0 Å². The zero-order valence-electron chi connectivity index (χ0n) is 14.8. The number of fused-ring (bicyclic) bond motifs is 3. The molecule has 4 heterocycles. The van der Waals surface area contributed by atoms with Gasteiger partial charge in [-0.1, -0.05) is 0 Å². The zero-order valence-corrected chi connectivity index (χ0v) is 14.8. The molecule has 1 amide bonds. The van der Waals surface area contributed by atoms with Gasteiger partial charge in [-0.2, -0.15) is 5.10 Å². The van der Waals surface area contributed by atoms with Crippen LogP contribution in [0.25, 0.3) is 11.4 Å². The lowest BCUT2D eigenvalue weighted by atomic mass is 10.1. The molecule has 1 fully saturated rings. The molecule has 134 valence electrons. The summed E-state index contributed by atoms with van der Waals surface area (Å²) in [6.45, 7) is 5.85. The second kappa shape index (κ2) is 6.30. The van der Waals surface area contributed by atoms with E-state index in [0.29, 0.717) is 0 Å². The highest BCUT2D eigenvalue weighted by Crippen LogP contribution is 2.40. The molecule has 0 saturated carbocycles. The van der Waals surface area contributed by atoms with Crippen molar-refractivity contribution in [2.24, 2.45) is 7.05 Å². The highest BCUT2D eigenvalue weighted by atomic mass is 16.4. The zero-order chi connectivity index (χ0) is 18.3. The van der Waals surface area contributed by atoms with Crippen LogP contribution in [-0.4, -0.2) is 53.0 Å². The average Bonchev–Trinajstić information content (AvgIpc) is 3.24. The van der Waals surface area contributed by atoms with Crippen molar-refractivity contribution in [3.05, 3.63) is 17.7 Å². The third-order valence-corrected chi connectivity index (χ3v) is 4.78. The van der Waals surface area contributed by atoms with Gasteiger partial charge in [-0.05, 0) is 26.7 Å². The molecule has 4 rings (SSSR count). The van der Waals surface area contributed by atoms with Gasteiger partial charge in [-0.15, -0.1) is 10.2 Å². The van der Waals surface area contributed by atoms with Crippen LogP contribution < -0.4 is 0 Å². The first-order chi connectivity index (χ1) is 11.8. The molecule has 2 atom stereocenters. The van der Waals surface area contributed by atoms with Crippen LogP contribution in [0.5, 0.6) is 0 Å². The third-order valence-electron chi connectivity index (χ3n) is 4.78. The Hall–Kier alpha value is -2.71. The summed E-state index contributed by atoms with van der Waals surface area (Å²) >= 11 is 0. The summed E-state index contributed by atoms with van der Waals surface area (Å²) in [6, 6.07) is -0.161. The Labute approximate surface area is 145 Å². The number of rotatable bonds is 1. The quantitative estimate of drug-likeness (QED) is 0.834. The van der Waals surface area contributed by atoms with Crippen molar-refractivity contribution in [3.8, 4) is 11.4 Å². The average molecular weight is 346 g/mol. The highest BCUT2D eigenvalue weighted by molar-refractivity contribution is 5.83. The Kier molecular flexibility index (Phi) is 4.32. The van der Waals surface area contributed by atoms with Crippen molar-refractivity contribution in [2.45, 2.75) is 45.7 Å². The first-order valence-electron chi connectivity index (χ1n) is 8.26. The van der Waals surface area contributed by atoms with Crippen molar-refractivity contribution < 1.29 is 14.7 Å². The van der Waals surface area contributed by atoms with E-state index in [4.69, 9.17) is 9.90 Å². The van der Waals surface area contributed by atoms with E-state index in [2.05, 4.69) is 15.3 Å². The van der Waals surface area contributed by atoms with Gasteiger partial charge in [0.1, 0.15) is 6.04 Å². The molecular weight excluding hydrogens is 324 g/mol. The fourth-order valence-electron chi connectivity index (χ4n) is 3.46. The maximum Gasteiger partial charge on any atom is 0.300 e. The van der Waals surface area contributed by atoms with Gasteiger partial charge in [0.05, 0.1) is 17.8 Å². The van der Waals surface area contributed by atoms with Gasteiger partial charge in [0.25, 0.3) is 5.97 Å². The molecule has 2 aliphatic heterocycles. The number of hydrogen-bond donors (Lipinski definition) is 1. The number of hydrogen-bond acceptors (Lipinski definition) is 5. The molecule has 2 aliphatic rings. The molecule has 1 N–H and O–H groups in total. The van der Waals surface area contributed by atoms with Crippen molar-refractivity contribution >= 4 is 11.9 Å². The third kappa shape index (κ3) is 2.79. The summed E-state index contributed by atoms with van der Waals surface area (Å²) in [5.41, 5.74) is 1.97. The normalized spacial score (nSPS) is 21.4. The largest absolute Gasteiger partial charge is 0.481 e. The number of aromatic nitrogens is 5. The molecule has 9 nitrogen and oxygen atoms in total. The predicted molar refractivity (Wildman–Crippen MR) is 88.7 cm³/mol. The maximum absolute atomic E-state index is 12.6. The lowest BCUT2D eigenvalue weighted by Gasteiger charge is -2.34. The standard InChI is InChI=1S/C14H18N6O.C2H4O2/c1-8-10(7-15-18(8)3)12-16-17-13-11-5-4-6-19(11)14(21)9(2)20(12)13;1-2(3)4/h7,9,11H,4-6H2,1-3H3;1H3,(H,3,4)/t9-,11-;/m0./s1. The fraction of sp³-hybridized carbons (Fsp3) is 0.562. The smallest absolute Gasteiger partial charge is 0.300 e. The summed E-state index contributed by atoms with van der Waals surface area (Å²) in [4.78, 5) is 23.5. The molecule has 9 heteroatoms. The number of aliphatic carboxylic acids is 1. The second-order valence-electron chi connectivity index (χ2n) is 6.40. The molecule has 0 aromatic carbocycles. The van der Waals surface area contributed by atoms with E-state index in [9.17, 15) is 4.79 Å². The highest BCUT2D eigenvalue weighted by Gasteiger charge is 2.42. The number of carbonyl (C=O) groups excluding carboxylic acids is 1. The van der Waals surface area contributed by atoms with Gasteiger partial charge >= 0.3 is 0 Å². The first kappa shape index (κ1) is 17.1. The maximum atomic E-state index is 12.6. The minimum Gasteiger partial charge on any atom is -0.481 e. The molecule has 25 heavy (non-hydrogen) atoms. The minimum absolute atomic E-state index is 0.0897. The fourth-order valence-corrected chi connectivity index (χ4v) is 3.46. The Morgan fingerprint density at radius 3 is 2.64 bits per heavy atom. The van der Waals surface area contributed by atoms with Crippen LogP contribution in [0.1, 0.15) is 50.3 Å². The molecule has 1 saturated heterocycles. The summed E-state index contributed by atoms with van der Waals surface area (Å²) in [5.74, 6) is 1.01. The van der Waals surface area contributed by atoms with Gasteiger partial charge in [0.15, 0.2) is 11.6 Å².